The zero-order chi connectivity index (χ0) is 21.9. The van der Waals surface area contributed by atoms with E-state index in [1.54, 1.807) is 6.07 Å². The first-order valence-electron chi connectivity index (χ1n) is 11.0. The van der Waals surface area contributed by atoms with Crippen molar-refractivity contribution >= 4 is 5.91 Å². The molecular weight excluding hydrogens is 389 g/mol. The van der Waals surface area contributed by atoms with E-state index in [-0.39, 0.29) is 16.9 Å². The van der Waals surface area contributed by atoms with Gasteiger partial charge in [0.25, 0.3) is 5.91 Å². The number of likely N-dealkylation sites (tertiary alicyclic amines) is 1. The highest BCUT2D eigenvalue weighted by atomic mass is 19.1. The summed E-state index contributed by atoms with van der Waals surface area (Å²) >= 11 is 0. The first-order chi connectivity index (χ1) is 14.8. The van der Waals surface area contributed by atoms with Crippen LogP contribution in [-0.2, 0) is 0 Å². The number of nitrogens with zero attached hydrogens (tertiary/aromatic N) is 3. The molecule has 2 heterocycles. The molecule has 1 saturated carbocycles. The van der Waals surface area contributed by atoms with Crippen molar-refractivity contribution in [2.75, 3.05) is 13.1 Å². The lowest BCUT2D eigenvalue weighted by molar-refractivity contribution is -0.0567. The number of hydrogen-bond acceptors (Lipinski definition) is 2. The van der Waals surface area contributed by atoms with Gasteiger partial charge in [0.15, 0.2) is 0 Å². The van der Waals surface area contributed by atoms with Crippen LogP contribution in [0.5, 0.6) is 0 Å². The SMILES string of the molecule is Cc1cc(C2CC3(C2)CN(C(=O)c2c(F)ccc(C)c2C)C3)n(-c2ccccc2C)n1. The Kier molecular flexibility index (Phi) is 4.54. The fourth-order valence-corrected chi connectivity index (χ4v) is 5.37. The number of aryl methyl sites for hydroxylation is 3. The molecule has 5 heteroatoms. The minimum absolute atomic E-state index is 0.170. The summed E-state index contributed by atoms with van der Waals surface area (Å²) in [6.07, 6.45) is 2.09. The molecule has 5 rings (SSSR count). The standard InChI is InChI=1S/C26H28FN3O/c1-16-9-10-21(27)24(19(16)4)25(31)29-14-26(15-29)12-20(13-26)23-11-18(3)28-30(23)22-8-6-5-7-17(22)2/h5-11,20H,12-15H2,1-4H3. The zero-order valence-corrected chi connectivity index (χ0v) is 18.6. The van der Waals surface area contributed by atoms with Crippen molar-refractivity contribution in [3.05, 3.63) is 81.9 Å². The fourth-order valence-electron chi connectivity index (χ4n) is 5.37. The highest BCUT2D eigenvalue weighted by Crippen LogP contribution is 2.56. The van der Waals surface area contributed by atoms with Crippen LogP contribution in [0.15, 0.2) is 42.5 Å². The lowest BCUT2D eigenvalue weighted by Crippen LogP contribution is -2.63. The van der Waals surface area contributed by atoms with Gasteiger partial charge in [0.05, 0.1) is 16.9 Å². The predicted molar refractivity (Wildman–Crippen MR) is 119 cm³/mol. The van der Waals surface area contributed by atoms with Crippen LogP contribution in [0.1, 0.15) is 57.2 Å². The predicted octanol–water partition coefficient (Wildman–Crippen LogP) is 5.26. The molecule has 2 aromatic carbocycles. The molecule has 1 amide bonds. The Balaban J connectivity index is 1.30. The normalized spacial score (nSPS) is 17.5. The Bertz CT molecular complexity index is 1180. The molecule has 3 aromatic rings. The van der Waals surface area contributed by atoms with Crippen LogP contribution in [-0.4, -0.2) is 33.7 Å². The summed E-state index contributed by atoms with van der Waals surface area (Å²) in [6, 6.07) is 13.6. The molecule has 160 valence electrons. The first-order valence-corrected chi connectivity index (χ1v) is 11.0. The molecule has 0 bridgehead atoms. The minimum Gasteiger partial charge on any atom is -0.337 e. The second kappa shape index (κ2) is 7.04. The second-order valence-corrected chi connectivity index (χ2v) is 9.54. The quantitative estimate of drug-likeness (QED) is 0.583. The van der Waals surface area contributed by atoms with Crippen LogP contribution in [0.2, 0.25) is 0 Å². The van der Waals surface area contributed by atoms with Crippen molar-refractivity contribution in [2.45, 2.75) is 46.5 Å². The number of carbonyl (C=O) groups is 1. The van der Waals surface area contributed by atoms with Gasteiger partial charge in [0.2, 0.25) is 0 Å². The molecular formula is C26H28FN3O. The largest absolute Gasteiger partial charge is 0.337 e. The van der Waals surface area contributed by atoms with E-state index < -0.39 is 5.82 Å². The highest BCUT2D eigenvalue weighted by molar-refractivity contribution is 5.96. The summed E-state index contributed by atoms with van der Waals surface area (Å²) in [4.78, 5) is 14.8. The molecule has 0 N–H and O–H groups in total. The third kappa shape index (κ3) is 3.18. The molecule has 31 heavy (non-hydrogen) atoms. The minimum atomic E-state index is -0.418. The molecule has 0 radical (unpaired) electrons. The van der Waals surface area contributed by atoms with Crippen LogP contribution in [0.3, 0.4) is 0 Å². The molecule has 2 fully saturated rings. The van der Waals surface area contributed by atoms with E-state index in [0.717, 1.165) is 35.3 Å². The van der Waals surface area contributed by atoms with Gasteiger partial charge in [-0.3, -0.25) is 4.79 Å². The highest BCUT2D eigenvalue weighted by Gasteiger charge is 2.55. The molecule has 2 aliphatic rings. The number of carbonyl (C=O) groups excluding carboxylic acids is 1. The van der Waals surface area contributed by atoms with Crippen LogP contribution >= 0.6 is 0 Å². The lowest BCUT2D eigenvalue weighted by Gasteiger charge is -2.59. The Morgan fingerprint density at radius 3 is 2.45 bits per heavy atom. The Morgan fingerprint density at radius 1 is 1.03 bits per heavy atom. The van der Waals surface area contributed by atoms with Gasteiger partial charge in [-0.15, -0.1) is 0 Å². The van der Waals surface area contributed by atoms with Crippen LogP contribution in [0.4, 0.5) is 4.39 Å². The third-order valence-electron chi connectivity index (χ3n) is 7.22. The van der Waals surface area contributed by atoms with Crippen LogP contribution in [0.25, 0.3) is 5.69 Å². The number of para-hydroxylation sites is 1. The monoisotopic (exact) mass is 417 g/mol. The molecule has 1 aromatic heterocycles. The number of benzene rings is 2. The van der Waals surface area contributed by atoms with Gasteiger partial charge in [-0.1, -0.05) is 24.3 Å². The number of rotatable bonds is 3. The van der Waals surface area contributed by atoms with Gasteiger partial charge in [0, 0.05) is 30.1 Å². The molecule has 0 atom stereocenters. The Morgan fingerprint density at radius 2 is 1.74 bits per heavy atom. The Hall–Kier alpha value is -2.95. The van der Waals surface area contributed by atoms with Gasteiger partial charge < -0.3 is 4.90 Å². The van der Waals surface area contributed by atoms with E-state index in [9.17, 15) is 9.18 Å². The van der Waals surface area contributed by atoms with Crippen molar-refractivity contribution in [2.24, 2.45) is 5.41 Å². The zero-order valence-electron chi connectivity index (χ0n) is 18.6. The Labute approximate surface area is 182 Å². The smallest absolute Gasteiger partial charge is 0.257 e. The van der Waals surface area contributed by atoms with Gasteiger partial charge in [-0.25, -0.2) is 9.07 Å². The molecule has 0 unspecified atom stereocenters. The second-order valence-electron chi connectivity index (χ2n) is 9.54. The third-order valence-corrected chi connectivity index (χ3v) is 7.22. The summed E-state index contributed by atoms with van der Waals surface area (Å²) in [6.45, 7) is 9.32. The van der Waals surface area contributed by atoms with Crippen molar-refractivity contribution in [1.29, 1.82) is 0 Å². The van der Waals surface area contributed by atoms with E-state index in [1.807, 2.05) is 37.8 Å². The first kappa shape index (κ1) is 20.0. The molecule has 4 nitrogen and oxygen atoms in total. The topological polar surface area (TPSA) is 38.1 Å². The maximum Gasteiger partial charge on any atom is 0.257 e. The summed E-state index contributed by atoms with van der Waals surface area (Å²) in [5.41, 5.74) is 6.71. The van der Waals surface area contributed by atoms with E-state index in [4.69, 9.17) is 5.10 Å². The summed E-state index contributed by atoms with van der Waals surface area (Å²) in [5, 5.41) is 4.76. The van der Waals surface area contributed by atoms with Gasteiger partial charge >= 0.3 is 0 Å². The molecule has 1 saturated heterocycles. The number of aromatic nitrogens is 2. The van der Waals surface area contributed by atoms with Crippen LogP contribution < -0.4 is 0 Å². The van der Waals surface area contributed by atoms with E-state index in [2.05, 4.69) is 29.8 Å². The van der Waals surface area contributed by atoms with E-state index in [0.29, 0.717) is 19.0 Å². The van der Waals surface area contributed by atoms with Crippen molar-refractivity contribution in [1.82, 2.24) is 14.7 Å². The number of amides is 1. The lowest BCUT2D eigenvalue weighted by atomic mass is 9.56. The van der Waals surface area contributed by atoms with Crippen molar-refractivity contribution in [3.8, 4) is 5.69 Å². The summed E-state index contributed by atoms with van der Waals surface area (Å²) in [7, 11) is 0. The van der Waals surface area contributed by atoms with E-state index >= 15 is 0 Å². The van der Waals surface area contributed by atoms with Gasteiger partial charge in [-0.05, 0) is 75.4 Å². The van der Waals surface area contributed by atoms with Crippen molar-refractivity contribution < 1.29 is 9.18 Å². The van der Waals surface area contributed by atoms with Gasteiger partial charge in [0.1, 0.15) is 5.82 Å². The average molecular weight is 418 g/mol. The summed E-state index contributed by atoms with van der Waals surface area (Å²) in [5.74, 6) is -0.151. The molecule has 1 aliphatic heterocycles. The summed E-state index contributed by atoms with van der Waals surface area (Å²) < 4.78 is 16.4. The maximum absolute atomic E-state index is 14.4. The van der Waals surface area contributed by atoms with E-state index in [1.165, 1.54) is 17.3 Å². The fraction of sp³-hybridized carbons (Fsp3) is 0.385. The average Bonchev–Trinajstić information content (AvgIpc) is 3.04. The van der Waals surface area contributed by atoms with Crippen molar-refractivity contribution in [3.63, 3.8) is 0 Å². The number of hydrogen-bond donors (Lipinski definition) is 0. The van der Waals surface area contributed by atoms with Crippen LogP contribution in [0, 0.1) is 38.9 Å². The molecule has 1 aliphatic carbocycles. The number of halogens is 1. The van der Waals surface area contributed by atoms with Gasteiger partial charge in [-0.2, -0.15) is 5.10 Å². The molecule has 1 spiro atoms. The maximum atomic E-state index is 14.4.